The van der Waals surface area contributed by atoms with Crippen molar-refractivity contribution >= 4 is 5.91 Å². The molecule has 1 amide bonds. The van der Waals surface area contributed by atoms with E-state index >= 15 is 0 Å². The molecule has 110 valence electrons. The lowest BCUT2D eigenvalue weighted by atomic mass is 9.93. The van der Waals surface area contributed by atoms with Gasteiger partial charge in [-0.1, -0.05) is 36.4 Å². The summed E-state index contributed by atoms with van der Waals surface area (Å²) in [4.78, 5) is 13.9. The Balaban J connectivity index is 1.88. The van der Waals surface area contributed by atoms with Crippen LogP contribution in [0.3, 0.4) is 0 Å². The van der Waals surface area contributed by atoms with Gasteiger partial charge in [0, 0.05) is 13.1 Å². The SMILES string of the molecule is N#Cc1cccc(CN2Cc3ccccc3C[C@@H]2C(N)=O)c1. The molecule has 1 aliphatic heterocycles. The number of primary amides is 1. The molecule has 2 aromatic rings. The molecule has 0 spiro atoms. The van der Waals surface area contributed by atoms with Crippen LogP contribution in [-0.4, -0.2) is 16.8 Å². The van der Waals surface area contributed by atoms with E-state index in [4.69, 9.17) is 11.0 Å². The number of nitrogens with two attached hydrogens (primary N) is 1. The van der Waals surface area contributed by atoms with Gasteiger partial charge in [0.25, 0.3) is 0 Å². The van der Waals surface area contributed by atoms with Gasteiger partial charge in [-0.15, -0.1) is 0 Å². The molecule has 0 saturated carbocycles. The first-order valence-electron chi connectivity index (χ1n) is 7.26. The van der Waals surface area contributed by atoms with Gasteiger partial charge < -0.3 is 5.73 Å². The molecule has 0 saturated heterocycles. The van der Waals surface area contributed by atoms with E-state index in [1.54, 1.807) is 6.07 Å². The van der Waals surface area contributed by atoms with Gasteiger partial charge in [0.1, 0.15) is 0 Å². The molecule has 0 bridgehead atoms. The van der Waals surface area contributed by atoms with E-state index in [-0.39, 0.29) is 11.9 Å². The van der Waals surface area contributed by atoms with Gasteiger partial charge in [0.2, 0.25) is 5.91 Å². The quantitative estimate of drug-likeness (QED) is 0.940. The maximum Gasteiger partial charge on any atom is 0.235 e. The van der Waals surface area contributed by atoms with E-state index in [0.29, 0.717) is 25.1 Å². The molecule has 1 atom stereocenters. The third kappa shape index (κ3) is 2.85. The van der Waals surface area contributed by atoms with Gasteiger partial charge in [-0.05, 0) is 35.2 Å². The van der Waals surface area contributed by atoms with Crippen LogP contribution in [0.25, 0.3) is 0 Å². The Labute approximate surface area is 129 Å². The average Bonchev–Trinajstić information content (AvgIpc) is 2.54. The predicted octanol–water partition coefficient (Wildman–Crippen LogP) is 1.97. The van der Waals surface area contributed by atoms with E-state index in [2.05, 4.69) is 23.1 Å². The molecular weight excluding hydrogens is 274 g/mol. The van der Waals surface area contributed by atoms with Gasteiger partial charge in [-0.2, -0.15) is 5.26 Å². The summed E-state index contributed by atoms with van der Waals surface area (Å²) >= 11 is 0. The molecule has 22 heavy (non-hydrogen) atoms. The van der Waals surface area contributed by atoms with E-state index in [1.165, 1.54) is 11.1 Å². The van der Waals surface area contributed by atoms with Gasteiger partial charge in [0.05, 0.1) is 17.7 Å². The van der Waals surface area contributed by atoms with Crippen molar-refractivity contribution < 1.29 is 4.79 Å². The molecule has 2 N–H and O–H groups in total. The Kier molecular flexibility index (Phi) is 3.90. The summed E-state index contributed by atoms with van der Waals surface area (Å²) in [5.41, 5.74) is 9.66. The highest BCUT2D eigenvalue weighted by Gasteiger charge is 2.29. The highest BCUT2D eigenvalue weighted by molar-refractivity contribution is 5.80. The molecule has 0 aliphatic carbocycles. The molecule has 0 aromatic heterocycles. The number of amides is 1. The number of carbonyl (C=O) groups is 1. The molecule has 3 rings (SSSR count). The fraction of sp³-hybridized carbons (Fsp3) is 0.222. The molecular formula is C18H17N3O. The normalized spacial score (nSPS) is 17.5. The number of rotatable bonds is 3. The summed E-state index contributed by atoms with van der Waals surface area (Å²) in [6.07, 6.45) is 0.642. The second-order valence-electron chi connectivity index (χ2n) is 5.61. The molecule has 4 heteroatoms. The van der Waals surface area contributed by atoms with Crippen LogP contribution in [0.5, 0.6) is 0 Å². The molecule has 0 radical (unpaired) electrons. The Morgan fingerprint density at radius 3 is 2.73 bits per heavy atom. The van der Waals surface area contributed by atoms with Crippen molar-refractivity contribution in [2.24, 2.45) is 5.73 Å². The minimum atomic E-state index is -0.305. The maximum absolute atomic E-state index is 11.8. The van der Waals surface area contributed by atoms with Crippen LogP contribution in [0.1, 0.15) is 22.3 Å². The zero-order chi connectivity index (χ0) is 15.5. The summed E-state index contributed by atoms with van der Waals surface area (Å²) < 4.78 is 0. The second-order valence-corrected chi connectivity index (χ2v) is 5.61. The number of nitrogens with zero attached hydrogens (tertiary/aromatic N) is 2. The maximum atomic E-state index is 11.8. The van der Waals surface area contributed by atoms with Crippen LogP contribution in [0.4, 0.5) is 0 Å². The molecule has 0 unspecified atom stereocenters. The Bertz CT molecular complexity index is 748. The van der Waals surface area contributed by atoms with Crippen LogP contribution < -0.4 is 5.73 Å². The number of carbonyl (C=O) groups excluding carboxylic acids is 1. The summed E-state index contributed by atoms with van der Waals surface area (Å²) in [6.45, 7) is 1.30. The van der Waals surface area contributed by atoms with Crippen LogP contribution in [0.15, 0.2) is 48.5 Å². The third-order valence-corrected chi connectivity index (χ3v) is 4.12. The number of nitriles is 1. The highest BCUT2D eigenvalue weighted by atomic mass is 16.1. The topological polar surface area (TPSA) is 70.1 Å². The lowest BCUT2D eigenvalue weighted by Crippen LogP contribution is -2.48. The standard InChI is InChI=1S/C18H17N3O/c19-10-13-4-3-5-14(8-13)11-21-12-16-7-2-1-6-15(16)9-17(21)18(20)22/h1-8,17H,9,11-12H2,(H2,20,22)/t17-/m1/s1. The van der Waals surface area contributed by atoms with Crippen molar-refractivity contribution in [2.45, 2.75) is 25.6 Å². The predicted molar refractivity (Wildman–Crippen MR) is 83.5 cm³/mol. The van der Waals surface area contributed by atoms with E-state index in [0.717, 1.165) is 5.56 Å². The van der Waals surface area contributed by atoms with Gasteiger partial charge in [0.15, 0.2) is 0 Å². The number of fused-ring (bicyclic) bond motifs is 1. The molecule has 1 heterocycles. The Morgan fingerprint density at radius 2 is 2.00 bits per heavy atom. The van der Waals surface area contributed by atoms with Gasteiger partial charge in [-0.25, -0.2) is 0 Å². The third-order valence-electron chi connectivity index (χ3n) is 4.12. The van der Waals surface area contributed by atoms with Crippen LogP contribution in [-0.2, 0) is 24.3 Å². The molecule has 2 aromatic carbocycles. The molecule has 1 aliphatic rings. The van der Waals surface area contributed by atoms with Crippen molar-refractivity contribution in [1.82, 2.24) is 4.90 Å². The number of hydrogen-bond acceptors (Lipinski definition) is 3. The van der Waals surface area contributed by atoms with Crippen LogP contribution in [0, 0.1) is 11.3 Å². The lowest BCUT2D eigenvalue weighted by Gasteiger charge is -2.35. The zero-order valence-corrected chi connectivity index (χ0v) is 12.2. The van der Waals surface area contributed by atoms with Gasteiger partial charge in [-0.3, -0.25) is 9.69 Å². The highest BCUT2D eigenvalue weighted by Crippen LogP contribution is 2.25. The minimum absolute atomic E-state index is 0.300. The fourth-order valence-corrected chi connectivity index (χ4v) is 3.00. The first-order chi connectivity index (χ1) is 10.7. The average molecular weight is 291 g/mol. The first-order valence-corrected chi connectivity index (χ1v) is 7.26. The van der Waals surface area contributed by atoms with Crippen molar-refractivity contribution in [3.05, 3.63) is 70.8 Å². The van der Waals surface area contributed by atoms with Crippen LogP contribution in [0.2, 0.25) is 0 Å². The summed E-state index contributed by atoms with van der Waals surface area (Å²) in [5.74, 6) is -0.300. The van der Waals surface area contributed by atoms with Crippen molar-refractivity contribution in [3.63, 3.8) is 0 Å². The van der Waals surface area contributed by atoms with Crippen molar-refractivity contribution in [3.8, 4) is 6.07 Å². The Morgan fingerprint density at radius 1 is 1.23 bits per heavy atom. The smallest absolute Gasteiger partial charge is 0.235 e. The molecule has 0 fully saturated rings. The minimum Gasteiger partial charge on any atom is -0.368 e. The fourth-order valence-electron chi connectivity index (χ4n) is 3.00. The lowest BCUT2D eigenvalue weighted by molar-refractivity contribution is -0.124. The van der Waals surface area contributed by atoms with Crippen LogP contribution >= 0.6 is 0 Å². The first kappa shape index (κ1) is 14.3. The zero-order valence-electron chi connectivity index (χ0n) is 12.2. The summed E-state index contributed by atoms with van der Waals surface area (Å²) in [7, 11) is 0. The monoisotopic (exact) mass is 291 g/mol. The Hall–Kier alpha value is -2.64. The van der Waals surface area contributed by atoms with E-state index in [9.17, 15) is 4.79 Å². The largest absolute Gasteiger partial charge is 0.368 e. The van der Waals surface area contributed by atoms with E-state index in [1.807, 2.05) is 30.3 Å². The summed E-state index contributed by atoms with van der Waals surface area (Å²) in [6, 6.07) is 17.5. The van der Waals surface area contributed by atoms with Crippen molar-refractivity contribution in [2.75, 3.05) is 0 Å². The number of hydrogen-bond donors (Lipinski definition) is 1. The van der Waals surface area contributed by atoms with Gasteiger partial charge >= 0.3 is 0 Å². The van der Waals surface area contributed by atoms with Crippen molar-refractivity contribution in [1.29, 1.82) is 5.26 Å². The summed E-state index contributed by atoms with van der Waals surface area (Å²) in [5, 5.41) is 9.00. The number of benzene rings is 2. The molecule has 4 nitrogen and oxygen atoms in total. The van der Waals surface area contributed by atoms with E-state index < -0.39 is 0 Å². The second kappa shape index (κ2) is 6.00.